The molecule has 2 radical (unpaired) electrons. The highest BCUT2D eigenvalue weighted by Gasteiger charge is 2.32. The number of pyridine rings is 1. The highest BCUT2D eigenvalue weighted by atomic mass is 19.4. The number of amides is 1. The molecule has 0 saturated heterocycles. The topological polar surface area (TPSA) is 33.2 Å². The average molecular weight is 244 g/mol. The summed E-state index contributed by atoms with van der Waals surface area (Å²) in [6.45, 7) is 5.49. The van der Waals surface area contributed by atoms with Gasteiger partial charge in [-0.1, -0.05) is 6.07 Å². The normalized spacial score (nSPS) is 11.4. The van der Waals surface area contributed by atoms with Gasteiger partial charge in [0.2, 0.25) is 0 Å². The van der Waals surface area contributed by atoms with Crippen molar-refractivity contribution in [1.29, 1.82) is 0 Å². The first-order valence-corrected chi connectivity index (χ1v) is 4.92. The first-order chi connectivity index (χ1) is 7.83. The van der Waals surface area contributed by atoms with Crippen LogP contribution in [0.1, 0.15) is 23.1 Å². The number of carbonyl (C=O) groups is 1. The van der Waals surface area contributed by atoms with Crippen LogP contribution in [0.5, 0.6) is 0 Å². The summed E-state index contributed by atoms with van der Waals surface area (Å²) in [5.74, 6) is -0.780. The molecule has 1 amide bonds. The second-order valence-electron chi connectivity index (χ2n) is 3.38. The fraction of sp³-hybridized carbons (Fsp3) is 0.364. The minimum Gasteiger partial charge on any atom is -0.328 e. The molecule has 0 bridgehead atoms. The molecule has 0 atom stereocenters. The van der Waals surface area contributed by atoms with Gasteiger partial charge in [-0.2, -0.15) is 13.2 Å². The van der Waals surface area contributed by atoms with Crippen molar-refractivity contribution in [1.82, 2.24) is 9.88 Å². The van der Waals surface area contributed by atoms with Crippen LogP contribution in [0.2, 0.25) is 0 Å². The van der Waals surface area contributed by atoms with E-state index >= 15 is 0 Å². The third-order valence-corrected chi connectivity index (χ3v) is 2.03. The van der Waals surface area contributed by atoms with Crippen LogP contribution in [0.15, 0.2) is 18.2 Å². The zero-order valence-electron chi connectivity index (χ0n) is 9.16. The van der Waals surface area contributed by atoms with E-state index in [1.165, 1.54) is 25.1 Å². The number of aromatic nitrogens is 1. The zero-order valence-corrected chi connectivity index (χ0v) is 9.16. The molecule has 0 spiro atoms. The van der Waals surface area contributed by atoms with E-state index in [0.29, 0.717) is 4.90 Å². The van der Waals surface area contributed by atoms with Crippen molar-refractivity contribution in [3.63, 3.8) is 0 Å². The predicted molar refractivity (Wildman–Crippen MR) is 55.3 cm³/mol. The van der Waals surface area contributed by atoms with Crippen LogP contribution < -0.4 is 0 Å². The molecule has 1 aromatic rings. The van der Waals surface area contributed by atoms with E-state index in [1.807, 2.05) is 0 Å². The number of hydrogen-bond acceptors (Lipinski definition) is 2. The molecule has 0 fully saturated rings. The lowest BCUT2D eigenvalue weighted by atomic mass is 10.3. The van der Waals surface area contributed by atoms with Gasteiger partial charge in [-0.3, -0.25) is 4.79 Å². The SMILES string of the molecule is [CH]c1cccc(C(=O)N(CC)CC(F)(F)F)n1. The van der Waals surface area contributed by atoms with Crippen molar-refractivity contribution in [3.05, 3.63) is 36.5 Å². The summed E-state index contributed by atoms with van der Waals surface area (Å²) >= 11 is 0. The lowest BCUT2D eigenvalue weighted by molar-refractivity contribution is -0.140. The predicted octanol–water partition coefficient (Wildman–Crippen LogP) is 2.17. The summed E-state index contributed by atoms with van der Waals surface area (Å²) in [5, 5.41) is 0. The molecule has 6 heteroatoms. The van der Waals surface area contributed by atoms with Crippen LogP contribution in [0.4, 0.5) is 13.2 Å². The third-order valence-electron chi connectivity index (χ3n) is 2.03. The van der Waals surface area contributed by atoms with Gasteiger partial charge in [-0.15, -0.1) is 0 Å². The van der Waals surface area contributed by atoms with Gasteiger partial charge in [0, 0.05) is 19.2 Å². The number of halogens is 3. The molecule has 0 aromatic carbocycles. The van der Waals surface area contributed by atoms with Crippen LogP contribution in [0.25, 0.3) is 0 Å². The molecule has 0 aliphatic heterocycles. The molecule has 0 saturated carbocycles. The van der Waals surface area contributed by atoms with Crippen LogP contribution in [0, 0.1) is 6.92 Å². The van der Waals surface area contributed by atoms with Gasteiger partial charge < -0.3 is 4.90 Å². The van der Waals surface area contributed by atoms with Gasteiger partial charge in [0.25, 0.3) is 5.91 Å². The Balaban J connectivity index is 2.87. The minimum absolute atomic E-state index is 0.0468. The second kappa shape index (κ2) is 5.16. The average Bonchev–Trinajstić information content (AvgIpc) is 2.23. The molecular formula is C11H11F3N2O. The summed E-state index contributed by atoms with van der Waals surface area (Å²) in [6, 6.07) is 4.26. The molecule has 1 heterocycles. The van der Waals surface area contributed by atoms with E-state index in [-0.39, 0.29) is 17.9 Å². The van der Waals surface area contributed by atoms with Crippen molar-refractivity contribution < 1.29 is 18.0 Å². The molecule has 92 valence electrons. The fourth-order valence-corrected chi connectivity index (χ4v) is 1.28. The van der Waals surface area contributed by atoms with Gasteiger partial charge in [-0.05, 0) is 19.1 Å². The number of alkyl halides is 3. The first kappa shape index (κ1) is 13.5. The largest absolute Gasteiger partial charge is 0.406 e. The standard InChI is InChI=1S/C11H11F3N2O/c1-3-16(7-11(12,13)14)10(17)9-6-4-5-8(2)15-9/h2,4-6H,3,7H2,1H3. The van der Waals surface area contributed by atoms with Crippen LogP contribution in [-0.2, 0) is 0 Å². The number of nitrogens with zero attached hydrogens (tertiary/aromatic N) is 2. The molecule has 0 unspecified atom stereocenters. The maximum absolute atomic E-state index is 12.2. The first-order valence-electron chi connectivity index (χ1n) is 4.92. The number of rotatable bonds is 3. The monoisotopic (exact) mass is 244 g/mol. The van der Waals surface area contributed by atoms with Crippen molar-refractivity contribution in [2.24, 2.45) is 0 Å². The maximum atomic E-state index is 12.2. The van der Waals surface area contributed by atoms with E-state index in [0.717, 1.165) is 0 Å². The quantitative estimate of drug-likeness (QED) is 0.816. The fourth-order valence-electron chi connectivity index (χ4n) is 1.28. The maximum Gasteiger partial charge on any atom is 0.406 e. The molecular weight excluding hydrogens is 233 g/mol. The summed E-state index contributed by atoms with van der Waals surface area (Å²) in [6.07, 6.45) is -4.42. The highest BCUT2D eigenvalue weighted by Crippen LogP contribution is 2.17. The van der Waals surface area contributed by atoms with Crippen molar-refractivity contribution in [2.45, 2.75) is 13.1 Å². The molecule has 17 heavy (non-hydrogen) atoms. The Labute approximate surface area is 97.3 Å². The van der Waals surface area contributed by atoms with Crippen molar-refractivity contribution in [2.75, 3.05) is 13.1 Å². The molecule has 1 aromatic heterocycles. The van der Waals surface area contributed by atoms with E-state index in [4.69, 9.17) is 6.92 Å². The summed E-state index contributed by atoms with van der Waals surface area (Å²) in [5.41, 5.74) is 0.00927. The van der Waals surface area contributed by atoms with Gasteiger partial charge in [0.1, 0.15) is 12.2 Å². The Kier molecular flexibility index (Phi) is 4.09. The zero-order chi connectivity index (χ0) is 13.1. The minimum atomic E-state index is -4.42. The van der Waals surface area contributed by atoms with Crippen LogP contribution in [-0.4, -0.2) is 35.1 Å². The highest BCUT2D eigenvalue weighted by molar-refractivity contribution is 5.92. The molecule has 0 N–H and O–H groups in total. The lowest BCUT2D eigenvalue weighted by Gasteiger charge is -2.21. The third kappa shape index (κ3) is 4.05. The van der Waals surface area contributed by atoms with E-state index in [2.05, 4.69) is 4.98 Å². The number of carbonyl (C=O) groups excluding carboxylic acids is 1. The van der Waals surface area contributed by atoms with Crippen molar-refractivity contribution in [3.8, 4) is 0 Å². The van der Waals surface area contributed by atoms with Crippen LogP contribution >= 0.6 is 0 Å². The van der Waals surface area contributed by atoms with Crippen molar-refractivity contribution >= 4 is 5.91 Å². The van der Waals surface area contributed by atoms with Crippen LogP contribution in [0.3, 0.4) is 0 Å². The molecule has 3 nitrogen and oxygen atoms in total. The van der Waals surface area contributed by atoms with E-state index < -0.39 is 18.6 Å². The van der Waals surface area contributed by atoms with Gasteiger partial charge >= 0.3 is 6.18 Å². The van der Waals surface area contributed by atoms with Gasteiger partial charge in [-0.25, -0.2) is 4.98 Å². The Morgan fingerprint density at radius 1 is 1.47 bits per heavy atom. The van der Waals surface area contributed by atoms with E-state index in [1.54, 1.807) is 0 Å². The molecule has 1 rings (SSSR count). The summed E-state index contributed by atoms with van der Waals surface area (Å²) in [7, 11) is 0. The van der Waals surface area contributed by atoms with Gasteiger partial charge in [0.05, 0.1) is 0 Å². The summed E-state index contributed by atoms with van der Waals surface area (Å²) in [4.78, 5) is 16.1. The molecule has 0 aliphatic carbocycles. The molecule has 0 aliphatic rings. The second-order valence-corrected chi connectivity index (χ2v) is 3.38. The number of hydrogen-bond donors (Lipinski definition) is 0. The van der Waals surface area contributed by atoms with Gasteiger partial charge in [0.15, 0.2) is 0 Å². The Bertz CT molecular complexity index is 404. The Hall–Kier alpha value is -1.59. The lowest BCUT2D eigenvalue weighted by Crippen LogP contribution is -2.39. The summed E-state index contributed by atoms with van der Waals surface area (Å²) < 4.78 is 36.6. The smallest absolute Gasteiger partial charge is 0.328 e. The Morgan fingerprint density at radius 3 is 2.59 bits per heavy atom. The Morgan fingerprint density at radius 2 is 2.12 bits per heavy atom. The van der Waals surface area contributed by atoms with E-state index in [9.17, 15) is 18.0 Å².